The number of nitrogens with one attached hydrogen (secondary N) is 2. The first-order valence-corrected chi connectivity index (χ1v) is 4.58. The smallest absolute Gasteiger partial charge is 0.269 e. The molecule has 0 unspecified atom stereocenters. The molecule has 4 N–H and O–H groups in total. The molecule has 5 heteroatoms. The van der Waals surface area contributed by atoms with Gasteiger partial charge >= 0.3 is 0 Å². The van der Waals surface area contributed by atoms with E-state index in [0.717, 1.165) is 0 Å². The number of rotatable bonds is 2. The number of benzene rings is 1. The van der Waals surface area contributed by atoms with Gasteiger partial charge in [0.1, 0.15) is 0 Å². The molecular weight excluding hydrogens is 194 g/mol. The average Bonchev–Trinajstić information content (AvgIpc) is 2.26. The molecule has 0 aromatic heterocycles. The van der Waals surface area contributed by atoms with E-state index in [4.69, 9.17) is 5.73 Å². The van der Waals surface area contributed by atoms with E-state index in [9.17, 15) is 9.59 Å². The molecule has 2 amide bonds. The maximum absolute atomic E-state index is 11.4. The van der Waals surface area contributed by atoms with E-state index in [1.807, 2.05) is 0 Å². The first-order valence-electron chi connectivity index (χ1n) is 4.58. The summed E-state index contributed by atoms with van der Waals surface area (Å²) in [5, 5.41) is 0. The standard InChI is InChI=1S/C10H13N3O2/c1-2-9(14)12-13-10(15)7-3-5-8(11)6-4-7/h3-6H,2,11H2,1H3,(H,12,14)(H,13,15). The molecule has 0 fully saturated rings. The lowest BCUT2D eigenvalue weighted by atomic mass is 10.2. The van der Waals surface area contributed by atoms with Crippen LogP contribution in [0, 0.1) is 0 Å². The maximum atomic E-state index is 11.4. The van der Waals surface area contributed by atoms with Crippen molar-refractivity contribution in [2.24, 2.45) is 0 Å². The maximum Gasteiger partial charge on any atom is 0.269 e. The van der Waals surface area contributed by atoms with Crippen LogP contribution >= 0.6 is 0 Å². The Balaban J connectivity index is 2.54. The van der Waals surface area contributed by atoms with Gasteiger partial charge < -0.3 is 5.73 Å². The van der Waals surface area contributed by atoms with Crippen molar-refractivity contribution < 1.29 is 9.59 Å². The number of nitrogens with two attached hydrogens (primary N) is 1. The molecule has 1 aromatic carbocycles. The second kappa shape index (κ2) is 4.99. The molecule has 0 saturated carbocycles. The lowest BCUT2D eigenvalue weighted by Crippen LogP contribution is -2.41. The van der Waals surface area contributed by atoms with Gasteiger partial charge in [0.05, 0.1) is 0 Å². The van der Waals surface area contributed by atoms with Gasteiger partial charge in [-0.25, -0.2) is 0 Å². The molecule has 0 radical (unpaired) electrons. The Morgan fingerprint density at radius 3 is 2.33 bits per heavy atom. The predicted molar refractivity (Wildman–Crippen MR) is 56.8 cm³/mol. The number of hydrazine groups is 1. The summed E-state index contributed by atoms with van der Waals surface area (Å²) in [5.41, 5.74) is 11.1. The highest BCUT2D eigenvalue weighted by molar-refractivity contribution is 5.95. The molecule has 1 aromatic rings. The van der Waals surface area contributed by atoms with E-state index in [1.54, 1.807) is 31.2 Å². The van der Waals surface area contributed by atoms with Gasteiger partial charge in [-0.2, -0.15) is 0 Å². The van der Waals surface area contributed by atoms with Crippen LogP contribution in [-0.4, -0.2) is 11.8 Å². The molecule has 0 aliphatic heterocycles. The predicted octanol–water partition coefficient (Wildman–Crippen LogP) is 0.440. The molecular formula is C10H13N3O2. The third-order valence-corrected chi connectivity index (χ3v) is 1.81. The van der Waals surface area contributed by atoms with Gasteiger partial charge in [-0.05, 0) is 24.3 Å². The van der Waals surface area contributed by atoms with Crippen LogP contribution in [0.3, 0.4) is 0 Å². The topological polar surface area (TPSA) is 84.2 Å². The van der Waals surface area contributed by atoms with Crippen LogP contribution in [0.15, 0.2) is 24.3 Å². The summed E-state index contributed by atoms with van der Waals surface area (Å²) < 4.78 is 0. The summed E-state index contributed by atoms with van der Waals surface area (Å²) >= 11 is 0. The number of hydrogen-bond donors (Lipinski definition) is 3. The minimum atomic E-state index is -0.364. The molecule has 0 heterocycles. The van der Waals surface area contributed by atoms with Crippen molar-refractivity contribution in [3.63, 3.8) is 0 Å². The van der Waals surface area contributed by atoms with E-state index in [2.05, 4.69) is 10.9 Å². The third-order valence-electron chi connectivity index (χ3n) is 1.81. The first kappa shape index (κ1) is 11.0. The van der Waals surface area contributed by atoms with Crippen LogP contribution in [0.5, 0.6) is 0 Å². The van der Waals surface area contributed by atoms with Crippen LogP contribution in [-0.2, 0) is 4.79 Å². The van der Waals surface area contributed by atoms with Gasteiger partial charge in [0.2, 0.25) is 5.91 Å². The zero-order valence-corrected chi connectivity index (χ0v) is 8.41. The highest BCUT2D eigenvalue weighted by Crippen LogP contribution is 2.04. The fraction of sp³-hybridized carbons (Fsp3) is 0.200. The Bertz CT molecular complexity index is 359. The van der Waals surface area contributed by atoms with Gasteiger partial charge in [0.15, 0.2) is 0 Å². The van der Waals surface area contributed by atoms with Crippen LogP contribution in [0.25, 0.3) is 0 Å². The second-order valence-corrected chi connectivity index (χ2v) is 2.98. The molecule has 1 rings (SSSR count). The van der Waals surface area contributed by atoms with Crippen molar-refractivity contribution in [3.8, 4) is 0 Å². The zero-order chi connectivity index (χ0) is 11.3. The van der Waals surface area contributed by atoms with Crippen LogP contribution in [0.4, 0.5) is 5.69 Å². The molecule has 0 atom stereocenters. The molecule has 0 spiro atoms. The number of amides is 2. The summed E-state index contributed by atoms with van der Waals surface area (Å²) in [6, 6.07) is 6.42. The zero-order valence-electron chi connectivity index (χ0n) is 8.41. The van der Waals surface area contributed by atoms with Crippen molar-refractivity contribution in [1.29, 1.82) is 0 Å². The summed E-state index contributed by atoms with van der Waals surface area (Å²) in [5.74, 6) is -0.601. The Hall–Kier alpha value is -2.04. The van der Waals surface area contributed by atoms with Crippen molar-refractivity contribution in [1.82, 2.24) is 10.9 Å². The number of anilines is 1. The van der Waals surface area contributed by atoms with Crippen LogP contribution in [0.2, 0.25) is 0 Å². The second-order valence-electron chi connectivity index (χ2n) is 2.98. The molecule has 0 aliphatic carbocycles. The van der Waals surface area contributed by atoms with E-state index >= 15 is 0 Å². The van der Waals surface area contributed by atoms with Gasteiger partial charge in [0.25, 0.3) is 5.91 Å². The Kier molecular flexibility index (Phi) is 3.68. The number of hydrogen-bond acceptors (Lipinski definition) is 3. The number of nitrogen functional groups attached to an aromatic ring is 1. The fourth-order valence-electron chi connectivity index (χ4n) is 0.922. The van der Waals surface area contributed by atoms with Gasteiger partial charge in [-0.1, -0.05) is 6.92 Å². The fourth-order valence-corrected chi connectivity index (χ4v) is 0.922. The van der Waals surface area contributed by atoms with Crippen molar-refractivity contribution in [2.45, 2.75) is 13.3 Å². The molecule has 0 aliphatic rings. The van der Waals surface area contributed by atoms with E-state index in [1.165, 1.54) is 0 Å². The number of carbonyl (C=O) groups is 2. The molecule has 0 bridgehead atoms. The van der Waals surface area contributed by atoms with E-state index in [0.29, 0.717) is 17.7 Å². The highest BCUT2D eigenvalue weighted by atomic mass is 16.2. The largest absolute Gasteiger partial charge is 0.399 e. The Labute approximate surface area is 87.6 Å². The molecule has 0 saturated heterocycles. The highest BCUT2D eigenvalue weighted by Gasteiger charge is 2.05. The molecule has 15 heavy (non-hydrogen) atoms. The van der Waals surface area contributed by atoms with Crippen molar-refractivity contribution in [2.75, 3.05) is 5.73 Å². The number of carbonyl (C=O) groups excluding carboxylic acids is 2. The van der Waals surface area contributed by atoms with Crippen molar-refractivity contribution in [3.05, 3.63) is 29.8 Å². The van der Waals surface area contributed by atoms with Crippen LogP contribution < -0.4 is 16.6 Å². The SMILES string of the molecule is CCC(=O)NNC(=O)c1ccc(N)cc1. The lowest BCUT2D eigenvalue weighted by Gasteiger charge is -2.05. The minimum absolute atomic E-state index is 0.237. The summed E-state index contributed by atoms with van der Waals surface area (Å²) in [6.45, 7) is 1.70. The van der Waals surface area contributed by atoms with Gasteiger partial charge in [0, 0.05) is 17.7 Å². The monoisotopic (exact) mass is 207 g/mol. The summed E-state index contributed by atoms with van der Waals surface area (Å²) in [4.78, 5) is 22.3. The summed E-state index contributed by atoms with van der Waals surface area (Å²) in [6.07, 6.45) is 0.321. The minimum Gasteiger partial charge on any atom is -0.399 e. The normalized spacial score (nSPS) is 9.40. The van der Waals surface area contributed by atoms with Crippen LogP contribution in [0.1, 0.15) is 23.7 Å². The molecule has 80 valence electrons. The van der Waals surface area contributed by atoms with Gasteiger partial charge in [-0.15, -0.1) is 0 Å². The first-order chi connectivity index (χ1) is 7.13. The summed E-state index contributed by atoms with van der Waals surface area (Å²) in [7, 11) is 0. The Morgan fingerprint density at radius 1 is 1.20 bits per heavy atom. The Morgan fingerprint density at radius 2 is 1.80 bits per heavy atom. The van der Waals surface area contributed by atoms with Crippen molar-refractivity contribution >= 4 is 17.5 Å². The lowest BCUT2D eigenvalue weighted by molar-refractivity contribution is -0.121. The van der Waals surface area contributed by atoms with E-state index in [-0.39, 0.29) is 11.8 Å². The van der Waals surface area contributed by atoms with E-state index < -0.39 is 0 Å². The third kappa shape index (κ3) is 3.30. The van der Waals surface area contributed by atoms with Gasteiger partial charge in [-0.3, -0.25) is 20.4 Å². The quantitative estimate of drug-likeness (QED) is 0.486. The average molecular weight is 207 g/mol. The molecule has 5 nitrogen and oxygen atoms in total.